The molecule has 0 bridgehead atoms. The summed E-state index contributed by atoms with van der Waals surface area (Å²) in [5, 5.41) is 0. The zero-order valence-electron chi connectivity index (χ0n) is 11.2. The van der Waals surface area contributed by atoms with Gasteiger partial charge < -0.3 is 9.80 Å². The van der Waals surface area contributed by atoms with Crippen LogP contribution in [-0.2, 0) is 0 Å². The second-order valence-corrected chi connectivity index (χ2v) is 4.54. The van der Waals surface area contributed by atoms with Gasteiger partial charge in [-0.25, -0.2) is 0 Å². The molecule has 1 aromatic carbocycles. The number of nitrogens with zero attached hydrogens (tertiary/aromatic N) is 2. The van der Waals surface area contributed by atoms with Crippen LogP contribution in [0.3, 0.4) is 0 Å². The van der Waals surface area contributed by atoms with Gasteiger partial charge in [-0.15, -0.1) is 0 Å². The standard InChI is InChI=1S/C11H16N2.C3H8/c1-9-4-5-10-11(8-9)13(3)7-6-12(10)2;1-3-2/h4-5,8H,6-7H2,1-3H3;3H2,1-2H3. The van der Waals surface area contributed by atoms with Crippen molar-refractivity contribution in [2.75, 3.05) is 37.0 Å². The molecule has 0 amide bonds. The van der Waals surface area contributed by atoms with Crippen LogP contribution in [0.25, 0.3) is 0 Å². The van der Waals surface area contributed by atoms with Crippen LogP contribution in [0.15, 0.2) is 18.2 Å². The fraction of sp³-hybridized carbons (Fsp3) is 0.571. The maximum atomic E-state index is 2.32. The Morgan fingerprint density at radius 3 is 2.06 bits per heavy atom. The minimum atomic E-state index is 1.12. The number of hydrogen-bond acceptors (Lipinski definition) is 2. The van der Waals surface area contributed by atoms with E-state index in [1.807, 2.05) is 0 Å². The third kappa shape index (κ3) is 2.91. The first-order valence-corrected chi connectivity index (χ1v) is 6.13. The van der Waals surface area contributed by atoms with Crippen LogP contribution in [-0.4, -0.2) is 27.2 Å². The van der Waals surface area contributed by atoms with Crippen molar-refractivity contribution in [2.24, 2.45) is 0 Å². The van der Waals surface area contributed by atoms with Gasteiger partial charge >= 0.3 is 0 Å². The summed E-state index contributed by atoms with van der Waals surface area (Å²) in [4.78, 5) is 4.64. The van der Waals surface area contributed by atoms with Gasteiger partial charge in [0, 0.05) is 27.2 Å². The van der Waals surface area contributed by atoms with Crippen LogP contribution in [0.1, 0.15) is 25.8 Å². The molecule has 1 aliphatic rings. The summed E-state index contributed by atoms with van der Waals surface area (Å²) in [6, 6.07) is 6.64. The highest BCUT2D eigenvalue weighted by Crippen LogP contribution is 2.31. The summed E-state index contributed by atoms with van der Waals surface area (Å²) in [5.41, 5.74) is 4.04. The van der Waals surface area contributed by atoms with Gasteiger partial charge in [0.2, 0.25) is 0 Å². The van der Waals surface area contributed by atoms with Crippen LogP contribution in [0, 0.1) is 6.92 Å². The zero-order valence-corrected chi connectivity index (χ0v) is 11.2. The third-order valence-corrected chi connectivity index (χ3v) is 2.72. The molecule has 0 atom stereocenters. The topological polar surface area (TPSA) is 6.48 Å². The molecule has 0 aliphatic carbocycles. The summed E-state index contributed by atoms with van der Waals surface area (Å²) < 4.78 is 0. The Hall–Kier alpha value is -1.18. The van der Waals surface area contributed by atoms with Gasteiger partial charge in [-0.1, -0.05) is 26.3 Å². The van der Waals surface area contributed by atoms with Crippen LogP contribution >= 0.6 is 0 Å². The lowest BCUT2D eigenvalue weighted by atomic mass is 10.1. The van der Waals surface area contributed by atoms with Gasteiger partial charge in [-0.2, -0.15) is 0 Å². The van der Waals surface area contributed by atoms with E-state index in [9.17, 15) is 0 Å². The van der Waals surface area contributed by atoms with E-state index < -0.39 is 0 Å². The minimum Gasteiger partial charge on any atom is -0.371 e. The van der Waals surface area contributed by atoms with Crippen LogP contribution in [0.4, 0.5) is 11.4 Å². The summed E-state index contributed by atoms with van der Waals surface area (Å²) >= 11 is 0. The van der Waals surface area contributed by atoms with Crippen molar-refractivity contribution in [3.8, 4) is 0 Å². The summed E-state index contributed by atoms with van der Waals surface area (Å²) in [5.74, 6) is 0. The highest BCUT2D eigenvalue weighted by Gasteiger charge is 2.16. The summed E-state index contributed by atoms with van der Waals surface area (Å²) in [7, 11) is 4.31. The second kappa shape index (κ2) is 5.78. The molecule has 0 N–H and O–H groups in total. The van der Waals surface area contributed by atoms with Crippen molar-refractivity contribution in [3.63, 3.8) is 0 Å². The molecule has 0 saturated carbocycles. The van der Waals surface area contributed by atoms with Crippen LogP contribution < -0.4 is 9.80 Å². The molecular weight excluding hydrogens is 196 g/mol. The van der Waals surface area contributed by atoms with E-state index in [1.54, 1.807) is 0 Å². The Labute approximate surface area is 99.9 Å². The molecule has 0 fully saturated rings. The van der Waals surface area contributed by atoms with E-state index in [-0.39, 0.29) is 0 Å². The lowest BCUT2D eigenvalue weighted by molar-refractivity contribution is 0.797. The Morgan fingerprint density at radius 1 is 1.00 bits per heavy atom. The van der Waals surface area contributed by atoms with E-state index >= 15 is 0 Å². The van der Waals surface area contributed by atoms with Gasteiger partial charge in [-0.05, 0) is 24.6 Å². The molecule has 0 radical (unpaired) electrons. The molecule has 0 saturated heterocycles. The highest BCUT2D eigenvalue weighted by molar-refractivity contribution is 5.73. The fourth-order valence-corrected chi connectivity index (χ4v) is 1.80. The molecule has 0 spiro atoms. The Morgan fingerprint density at radius 2 is 1.50 bits per heavy atom. The number of aryl methyl sites for hydroxylation is 1. The Kier molecular flexibility index (Phi) is 4.66. The first-order valence-electron chi connectivity index (χ1n) is 6.13. The molecule has 0 unspecified atom stereocenters. The predicted molar refractivity (Wildman–Crippen MR) is 73.7 cm³/mol. The first-order chi connectivity index (χ1) is 7.60. The van der Waals surface area contributed by atoms with E-state index in [4.69, 9.17) is 0 Å². The number of likely N-dealkylation sites (N-methyl/N-ethyl adjacent to an activating group) is 2. The first kappa shape index (κ1) is 12.9. The lowest BCUT2D eigenvalue weighted by Crippen LogP contribution is -2.36. The molecule has 2 nitrogen and oxygen atoms in total. The summed E-state index contributed by atoms with van der Waals surface area (Å²) in [6.07, 6.45) is 1.25. The minimum absolute atomic E-state index is 1.12. The quantitative estimate of drug-likeness (QED) is 0.662. The SMILES string of the molecule is CCC.Cc1ccc2c(c1)N(C)CCN2C. The van der Waals surface area contributed by atoms with Crippen molar-refractivity contribution < 1.29 is 0 Å². The average Bonchev–Trinajstić information content (AvgIpc) is 2.25. The van der Waals surface area contributed by atoms with E-state index in [1.165, 1.54) is 23.4 Å². The van der Waals surface area contributed by atoms with Crippen molar-refractivity contribution >= 4 is 11.4 Å². The average molecular weight is 220 g/mol. The fourth-order valence-electron chi connectivity index (χ4n) is 1.80. The normalized spacial score (nSPS) is 14.1. The molecule has 1 heterocycles. The maximum Gasteiger partial charge on any atom is 0.0604 e. The molecule has 16 heavy (non-hydrogen) atoms. The molecule has 90 valence electrons. The number of benzene rings is 1. The largest absolute Gasteiger partial charge is 0.371 e. The van der Waals surface area contributed by atoms with Crippen LogP contribution in [0.5, 0.6) is 0 Å². The maximum absolute atomic E-state index is 2.32. The Balaban J connectivity index is 0.000000386. The smallest absolute Gasteiger partial charge is 0.0604 e. The number of anilines is 2. The van der Waals surface area contributed by atoms with Gasteiger partial charge in [-0.3, -0.25) is 0 Å². The number of hydrogen-bond donors (Lipinski definition) is 0. The summed E-state index contributed by atoms with van der Waals surface area (Å²) in [6.45, 7) is 8.63. The molecule has 2 rings (SSSR count). The van der Waals surface area contributed by atoms with E-state index in [0.29, 0.717) is 0 Å². The predicted octanol–water partition coefficient (Wildman–Crippen LogP) is 3.30. The van der Waals surface area contributed by atoms with Gasteiger partial charge in [0.05, 0.1) is 11.4 Å². The molecule has 0 aromatic heterocycles. The third-order valence-electron chi connectivity index (χ3n) is 2.72. The molecule has 1 aliphatic heterocycles. The molecular formula is C14H24N2. The monoisotopic (exact) mass is 220 g/mol. The van der Waals surface area contributed by atoms with E-state index in [0.717, 1.165) is 13.1 Å². The number of rotatable bonds is 0. The molecule has 2 heteroatoms. The molecule has 1 aromatic rings. The van der Waals surface area contributed by atoms with Crippen LogP contribution in [0.2, 0.25) is 0 Å². The van der Waals surface area contributed by atoms with Crippen molar-refractivity contribution in [3.05, 3.63) is 23.8 Å². The Bertz CT molecular complexity index is 334. The van der Waals surface area contributed by atoms with Gasteiger partial charge in [0.25, 0.3) is 0 Å². The lowest BCUT2D eigenvalue weighted by Gasteiger charge is -2.34. The highest BCUT2D eigenvalue weighted by atomic mass is 15.2. The zero-order chi connectivity index (χ0) is 12.1. The van der Waals surface area contributed by atoms with Gasteiger partial charge in [0.1, 0.15) is 0 Å². The van der Waals surface area contributed by atoms with Crippen molar-refractivity contribution in [1.82, 2.24) is 0 Å². The second-order valence-electron chi connectivity index (χ2n) is 4.54. The van der Waals surface area contributed by atoms with Crippen molar-refractivity contribution in [2.45, 2.75) is 27.2 Å². The van der Waals surface area contributed by atoms with E-state index in [2.05, 4.69) is 62.9 Å². The van der Waals surface area contributed by atoms with Crippen molar-refractivity contribution in [1.29, 1.82) is 0 Å². The number of fused-ring (bicyclic) bond motifs is 1. The van der Waals surface area contributed by atoms with Gasteiger partial charge in [0.15, 0.2) is 0 Å².